The molecular weight excluding hydrogens is 479 g/mol. The van der Waals surface area contributed by atoms with Crippen molar-refractivity contribution in [3.8, 4) is 17.6 Å². The largest absolute Gasteiger partial charge is 0.490 e. The van der Waals surface area contributed by atoms with Crippen molar-refractivity contribution in [1.82, 2.24) is 0 Å². The maximum absolute atomic E-state index is 14.1. The average molecular weight is 497 g/mol. The Morgan fingerprint density at radius 3 is 2.47 bits per heavy atom. The highest BCUT2D eigenvalue weighted by molar-refractivity contribution is 9.10. The zero-order valence-electron chi connectivity index (χ0n) is 17.0. The average Bonchev–Trinajstić information content (AvgIpc) is 2.79. The van der Waals surface area contributed by atoms with Crippen LogP contribution in [0.3, 0.4) is 0 Å². The lowest BCUT2D eigenvalue weighted by Gasteiger charge is -2.14. The lowest BCUT2D eigenvalue weighted by Crippen LogP contribution is -2.01. The van der Waals surface area contributed by atoms with E-state index in [0.717, 1.165) is 5.56 Å². The second kappa shape index (κ2) is 10.6. The van der Waals surface area contributed by atoms with E-state index >= 15 is 0 Å². The monoisotopic (exact) mass is 496 g/mol. The van der Waals surface area contributed by atoms with Crippen LogP contribution in [0, 0.1) is 27.3 Å². The molecule has 0 N–H and O–H groups in total. The van der Waals surface area contributed by atoms with Crippen LogP contribution >= 0.6 is 15.9 Å². The smallest absolute Gasteiger partial charge is 0.269 e. The summed E-state index contributed by atoms with van der Waals surface area (Å²) < 4.78 is 26.3. The van der Waals surface area contributed by atoms with E-state index in [1.165, 1.54) is 18.2 Å². The molecule has 8 heteroatoms. The van der Waals surface area contributed by atoms with Crippen molar-refractivity contribution in [2.24, 2.45) is 0 Å². The summed E-state index contributed by atoms with van der Waals surface area (Å²) in [4.78, 5) is 10.3. The zero-order valence-corrected chi connectivity index (χ0v) is 18.6. The molecule has 0 unspecified atom stereocenters. The Balaban J connectivity index is 1.89. The topological polar surface area (TPSA) is 85.4 Å². The molecule has 0 amide bonds. The highest BCUT2D eigenvalue weighted by atomic mass is 79.9. The molecule has 0 aliphatic carbocycles. The number of hydrogen-bond acceptors (Lipinski definition) is 5. The Labute approximate surface area is 192 Å². The molecule has 0 saturated heterocycles. The SMILES string of the molecule is CCOc1cc(C=C(C#N)c2ccccc2F)c(Br)cc1OCc1ccc([N+](=O)[O-])cc1. The number of hydrogen-bond donors (Lipinski definition) is 0. The third-order valence-corrected chi connectivity index (χ3v) is 5.18. The van der Waals surface area contributed by atoms with E-state index in [-0.39, 0.29) is 23.4 Å². The summed E-state index contributed by atoms with van der Waals surface area (Å²) in [5.74, 6) is 0.429. The molecule has 0 aliphatic rings. The number of non-ortho nitro benzene ring substituents is 1. The molecule has 3 aromatic carbocycles. The first-order valence-corrected chi connectivity index (χ1v) is 10.4. The Bertz CT molecular complexity index is 1200. The van der Waals surface area contributed by atoms with Crippen molar-refractivity contribution in [1.29, 1.82) is 5.26 Å². The number of halogens is 2. The van der Waals surface area contributed by atoms with E-state index in [4.69, 9.17) is 9.47 Å². The van der Waals surface area contributed by atoms with E-state index in [2.05, 4.69) is 15.9 Å². The molecular formula is C24H18BrFN2O4. The third-order valence-electron chi connectivity index (χ3n) is 4.49. The highest BCUT2D eigenvalue weighted by Crippen LogP contribution is 2.36. The van der Waals surface area contributed by atoms with Gasteiger partial charge in [-0.1, -0.05) is 34.1 Å². The van der Waals surface area contributed by atoms with Crippen LogP contribution in [-0.2, 0) is 6.61 Å². The molecule has 0 radical (unpaired) electrons. The molecule has 0 heterocycles. The first-order chi connectivity index (χ1) is 15.4. The van der Waals surface area contributed by atoms with Crippen LogP contribution in [0.15, 0.2) is 65.1 Å². The van der Waals surface area contributed by atoms with Crippen LogP contribution < -0.4 is 9.47 Å². The van der Waals surface area contributed by atoms with Gasteiger partial charge in [0.1, 0.15) is 12.4 Å². The summed E-state index contributed by atoms with van der Waals surface area (Å²) in [6, 6.07) is 17.6. The molecule has 6 nitrogen and oxygen atoms in total. The minimum Gasteiger partial charge on any atom is -0.490 e. The molecule has 0 fully saturated rings. The van der Waals surface area contributed by atoms with Gasteiger partial charge in [-0.3, -0.25) is 10.1 Å². The number of nitro benzene ring substituents is 1. The first-order valence-electron chi connectivity index (χ1n) is 9.62. The van der Waals surface area contributed by atoms with E-state index in [0.29, 0.717) is 28.1 Å². The van der Waals surface area contributed by atoms with Crippen LogP contribution in [0.25, 0.3) is 11.6 Å². The Hall–Kier alpha value is -3.70. The van der Waals surface area contributed by atoms with Crippen molar-refractivity contribution in [3.63, 3.8) is 0 Å². The fourth-order valence-electron chi connectivity index (χ4n) is 2.92. The number of ether oxygens (including phenoxy) is 2. The van der Waals surface area contributed by atoms with Gasteiger partial charge < -0.3 is 9.47 Å². The van der Waals surface area contributed by atoms with Gasteiger partial charge in [0.25, 0.3) is 5.69 Å². The number of rotatable bonds is 8. The molecule has 0 aliphatic heterocycles. The second-order valence-electron chi connectivity index (χ2n) is 6.62. The minimum atomic E-state index is -0.482. The second-order valence-corrected chi connectivity index (χ2v) is 7.47. The summed E-state index contributed by atoms with van der Waals surface area (Å²) in [5, 5.41) is 20.3. The van der Waals surface area contributed by atoms with Gasteiger partial charge in [0.05, 0.1) is 23.2 Å². The molecule has 0 spiro atoms. The van der Waals surface area contributed by atoms with Crippen molar-refractivity contribution in [2.75, 3.05) is 6.61 Å². The predicted molar refractivity (Wildman–Crippen MR) is 123 cm³/mol. The zero-order chi connectivity index (χ0) is 23.1. The maximum Gasteiger partial charge on any atom is 0.269 e. The van der Waals surface area contributed by atoms with Gasteiger partial charge in [-0.15, -0.1) is 0 Å². The molecule has 3 aromatic rings. The summed E-state index contributed by atoms with van der Waals surface area (Å²) in [7, 11) is 0. The highest BCUT2D eigenvalue weighted by Gasteiger charge is 2.13. The number of allylic oxidation sites excluding steroid dienone is 1. The van der Waals surface area contributed by atoms with Gasteiger partial charge in [0.2, 0.25) is 0 Å². The summed E-state index contributed by atoms with van der Waals surface area (Å²) >= 11 is 3.47. The van der Waals surface area contributed by atoms with Crippen LogP contribution in [0.2, 0.25) is 0 Å². The molecule has 32 heavy (non-hydrogen) atoms. The molecule has 0 atom stereocenters. The minimum absolute atomic E-state index is 0.00536. The summed E-state index contributed by atoms with van der Waals surface area (Å²) in [5.41, 5.74) is 1.76. The standard InChI is InChI=1S/C24H18BrFN2O4/c1-2-31-23-12-17(11-18(14-27)20-5-3-4-6-22(20)26)21(25)13-24(23)32-15-16-7-9-19(10-8-16)28(29)30/h3-13H,2,15H2,1H3. The van der Waals surface area contributed by atoms with Gasteiger partial charge in [0, 0.05) is 22.2 Å². The summed E-state index contributed by atoms with van der Waals surface area (Å²) in [6.45, 7) is 2.40. The molecule has 0 bridgehead atoms. The Morgan fingerprint density at radius 2 is 1.84 bits per heavy atom. The van der Waals surface area contributed by atoms with E-state index < -0.39 is 10.7 Å². The normalized spacial score (nSPS) is 11.0. The van der Waals surface area contributed by atoms with Crippen molar-refractivity contribution in [2.45, 2.75) is 13.5 Å². The van der Waals surface area contributed by atoms with Crippen molar-refractivity contribution in [3.05, 3.63) is 97.8 Å². The van der Waals surface area contributed by atoms with Gasteiger partial charge in [-0.2, -0.15) is 5.26 Å². The maximum atomic E-state index is 14.1. The van der Waals surface area contributed by atoms with Crippen LogP contribution in [0.1, 0.15) is 23.6 Å². The van der Waals surface area contributed by atoms with E-state index in [9.17, 15) is 19.8 Å². The summed E-state index contributed by atoms with van der Waals surface area (Å²) in [6.07, 6.45) is 1.57. The lowest BCUT2D eigenvalue weighted by molar-refractivity contribution is -0.384. The molecule has 3 rings (SSSR count). The van der Waals surface area contributed by atoms with Gasteiger partial charge >= 0.3 is 0 Å². The number of benzene rings is 3. The number of nitrogens with zero attached hydrogens (tertiary/aromatic N) is 2. The van der Waals surface area contributed by atoms with Gasteiger partial charge in [0.15, 0.2) is 11.5 Å². The van der Waals surface area contributed by atoms with Crippen molar-refractivity contribution < 1.29 is 18.8 Å². The molecule has 0 saturated carbocycles. The molecule has 0 aromatic heterocycles. The van der Waals surface area contributed by atoms with Crippen molar-refractivity contribution >= 4 is 33.3 Å². The van der Waals surface area contributed by atoms with Gasteiger partial charge in [-0.25, -0.2) is 4.39 Å². The first kappa shape index (κ1) is 23.0. The molecule has 162 valence electrons. The predicted octanol–water partition coefficient (Wildman–Crippen LogP) is 6.54. The lowest BCUT2D eigenvalue weighted by atomic mass is 10.0. The van der Waals surface area contributed by atoms with Crippen LogP contribution in [-0.4, -0.2) is 11.5 Å². The van der Waals surface area contributed by atoms with E-state index in [1.54, 1.807) is 48.5 Å². The van der Waals surface area contributed by atoms with Crippen LogP contribution in [0.5, 0.6) is 11.5 Å². The van der Waals surface area contributed by atoms with Gasteiger partial charge in [-0.05, 0) is 54.5 Å². The Morgan fingerprint density at radius 1 is 1.16 bits per heavy atom. The Kier molecular flexibility index (Phi) is 7.58. The fraction of sp³-hybridized carbons (Fsp3) is 0.125. The number of nitriles is 1. The fourth-order valence-corrected chi connectivity index (χ4v) is 3.36. The van der Waals surface area contributed by atoms with Crippen LogP contribution in [0.4, 0.5) is 10.1 Å². The third kappa shape index (κ3) is 5.50. The quantitative estimate of drug-likeness (QED) is 0.153. The number of nitro groups is 1. The van der Waals surface area contributed by atoms with E-state index in [1.807, 2.05) is 13.0 Å².